The lowest BCUT2D eigenvalue weighted by Crippen LogP contribution is -2.03. The standard InChI is InChI=1S/C61H31N7O2/c1-64-46-32-37(24-28-50(46)68-49-20-10-6-16-40(49)42-26-30-54-56(60(42)68)44-18-8-12-22-52(44)70-54)58-45(34-63)57(65-61(66-58)35-13-3-2-4-14-35)36-23-27-47(38(31-36)33-62)67-48-19-9-5-15-39(48)41-25-29-53-55(59(41)67)43-17-7-11-21-51(43)69-53/h2-32H. The van der Waals surface area contributed by atoms with E-state index in [9.17, 15) is 10.5 Å². The summed E-state index contributed by atoms with van der Waals surface area (Å²) in [6, 6.07) is 66.6. The van der Waals surface area contributed by atoms with Crippen molar-refractivity contribution in [3.8, 4) is 57.4 Å². The normalized spacial score (nSPS) is 11.7. The molecule has 0 aliphatic carbocycles. The highest BCUT2D eigenvalue weighted by Gasteiger charge is 2.25. The van der Waals surface area contributed by atoms with E-state index < -0.39 is 0 Å². The number of fused-ring (bicyclic) bond motifs is 14. The van der Waals surface area contributed by atoms with Gasteiger partial charge in [0.15, 0.2) is 5.82 Å². The van der Waals surface area contributed by atoms with Crippen LogP contribution in [0.3, 0.4) is 0 Å². The average molecular weight is 894 g/mol. The van der Waals surface area contributed by atoms with Crippen molar-refractivity contribution in [2.45, 2.75) is 0 Å². The molecular weight excluding hydrogens is 863 g/mol. The molecule has 0 radical (unpaired) electrons. The lowest BCUT2D eigenvalue weighted by atomic mass is 9.98. The maximum Gasteiger partial charge on any atom is 0.211 e. The summed E-state index contributed by atoms with van der Waals surface area (Å²) in [5.41, 5.74) is 11.8. The van der Waals surface area contributed by atoms with Crippen molar-refractivity contribution in [1.82, 2.24) is 19.1 Å². The Kier molecular flexibility index (Phi) is 8.27. The highest BCUT2D eigenvalue weighted by atomic mass is 16.3. The molecule has 0 aliphatic rings. The SMILES string of the molecule is [C-]#[N+]c1cc(-c2nc(-c3ccccc3)nc(-c3ccc(-n4c5ccccc5c5ccc6oc7ccccc7c6c54)c(C#N)c3)c2C#N)ccc1-n1c2ccccc2c2ccc3oc4ccccc4c3c21. The number of hydrogen-bond acceptors (Lipinski definition) is 6. The van der Waals surface area contributed by atoms with Gasteiger partial charge in [0.25, 0.3) is 0 Å². The fourth-order valence-corrected chi connectivity index (χ4v) is 10.6. The van der Waals surface area contributed by atoms with Crippen LogP contribution in [0.5, 0.6) is 0 Å². The van der Waals surface area contributed by atoms with E-state index in [2.05, 4.69) is 74.6 Å². The maximum atomic E-state index is 11.2. The van der Waals surface area contributed by atoms with Gasteiger partial charge >= 0.3 is 0 Å². The molecule has 5 aromatic heterocycles. The summed E-state index contributed by atoms with van der Waals surface area (Å²) in [6.07, 6.45) is 0. The van der Waals surface area contributed by atoms with Gasteiger partial charge < -0.3 is 18.0 Å². The van der Waals surface area contributed by atoms with Crippen LogP contribution in [0.25, 0.3) is 138 Å². The van der Waals surface area contributed by atoms with E-state index in [1.54, 1.807) is 0 Å². The topological polar surface area (TPSA) is 114 Å². The Morgan fingerprint density at radius 1 is 0.443 bits per heavy atom. The molecule has 0 unspecified atom stereocenters. The zero-order chi connectivity index (χ0) is 46.6. The number of aromatic nitrogens is 4. The predicted octanol–water partition coefficient (Wildman–Crippen LogP) is 15.8. The lowest BCUT2D eigenvalue weighted by molar-refractivity contribution is 0.669. The maximum absolute atomic E-state index is 11.2. The molecule has 9 heteroatoms. The molecule has 5 heterocycles. The molecule has 0 spiro atoms. The van der Waals surface area contributed by atoms with Crippen LogP contribution in [-0.2, 0) is 0 Å². The summed E-state index contributed by atoms with van der Waals surface area (Å²) < 4.78 is 17.0. The van der Waals surface area contributed by atoms with Crippen molar-refractivity contribution in [2.24, 2.45) is 0 Å². The molecule has 0 amide bonds. The van der Waals surface area contributed by atoms with Crippen LogP contribution in [0.4, 0.5) is 5.69 Å². The van der Waals surface area contributed by atoms with Gasteiger partial charge in [-0.1, -0.05) is 115 Å². The van der Waals surface area contributed by atoms with Crippen LogP contribution in [-0.4, -0.2) is 19.1 Å². The first-order valence-electron chi connectivity index (χ1n) is 22.7. The van der Waals surface area contributed by atoms with Crippen molar-refractivity contribution in [3.63, 3.8) is 0 Å². The van der Waals surface area contributed by atoms with Crippen molar-refractivity contribution >= 4 is 93.2 Å². The number of nitrogens with zero attached hydrogens (tertiary/aromatic N) is 7. The van der Waals surface area contributed by atoms with Crippen LogP contribution in [0.1, 0.15) is 11.1 Å². The second-order valence-corrected chi connectivity index (χ2v) is 17.3. The van der Waals surface area contributed by atoms with Crippen LogP contribution in [0.15, 0.2) is 197 Å². The van der Waals surface area contributed by atoms with Gasteiger partial charge in [-0.2, -0.15) is 10.5 Å². The largest absolute Gasteiger partial charge is 0.456 e. The molecule has 14 aromatic rings. The summed E-state index contributed by atoms with van der Waals surface area (Å²) in [6.45, 7) is 8.64. The van der Waals surface area contributed by atoms with Gasteiger partial charge in [0.1, 0.15) is 40.0 Å². The minimum atomic E-state index is 0.215. The number of rotatable bonds is 5. The smallest absolute Gasteiger partial charge is 0.211 e. The van der Waals surface area contributed by atoms with E-state index in [1.165, 1.54) is 0 Å². The van der Waals surface area contributed by atoms with Crippen molar-refractivity contribution in [1.29, 1.82) is 10.5 Å². The van der Waals surface area contributed by atoms with E-state index in [-0.39, 0.29) is 5.56 Å². The van der Waals surface area contributed by atoms with E-state index in [1.807, 2.05) is 140 Å². The second-order valence-electron chi connectivity index (χ2n) is 17.3. The van der Waals surface area contributed by atoms with Gasteiger partial charge in [-0.3, -0.25) is 0 Å². The zero-order valence-corrected chi connectivity index (χ0v) is 36.8. The molecule has 322 valence electrons. The van der Waals surface area contributed by atoms with Gasteiger partial charge in [-0.15, -0.1) is 0 Å². The minimum absolute atomic E-state index is 0.215. The summed E-state index contributed by atoms with van der Waals surface area (Å²) >= 11 is 0. The third-order valence-corrected chi connectivity index (χ3v) is 13.6. The summed E-state index contributed by atoms with van der Waals surface area (Å²) in [5.74, 6) is 0.397. The van der Waals surface area contributed by atoms with Crippen LogP contribution >= 0.6 is 0 Å². The van der Waals surface area contributed by atoms with E-state index in [0.717, 1.165) is 93.1 Å². The molecule has 14 rings (SSSR count). The lowest BCUT2D eigenvalue weighted by Gasteiger charge is -2.16. The number of para-hydroxylation sites is 4. The van der Waals surface area contributed by atoms with Crippen LogP contribution in [0.2, 0.25) is 0 Å². The number of furan rings is 2. The van der Waals surface area contributed by atoms with E-state index in [0.29, 0.717) is 51.0 Å². The molecular formula is C61H31N7O2. The number of hydrogen-bond donors (Lipinski definition) is 0. The Bertz CT molecular complexity index is 4430. The second kappa shape index (κ2) is 14.9. The van der Waals surface area contributed by atoms with Crippen LogP contribution < -0.4 is 0 Å². The third-order valence-electron chi connectivity index (χ3n) is 13.6. The minimum Gasteiger partial charge on any atom is -0.456 e. The Hall–Kier alpha value is -10.3. The molecule has 0 fully saturated rings. The molecule has 0 saturated heterocycles. The Morgan fingerprint density at radius 2 is 0.943 bits per heavy atom. The molecule has 0 atom stereocenters. The van der Waals surface area contributed by atoms with Crippen molar-refractivity contribution < 1.29 is 8.83 Å². The molecule has 70 heavy (non-hydrogen) atoms. The third kappa shape index (κ3) is 5.50. The molecule has 0 N–H and O–H groups in total. The first-order valence-corrected chi connectivity index (χ1v) is 22.7. The number of nitriles is 2. The van der Waals surface area contributed by atoms with Crippen molar-refractivity contribution in [2.75, 3.05) is 0 Å². The summed E-state index contributed by atoms with van der Waals surface area (Å²) in [4.78, 5) is 14.3. The zero-order valence-electron chi connectivity index (χ0n) is 36.8. The first-order chi connectivity index (χ1) is 34.6. The van der Waals surface area contributed by atoms with Crippen LogP contribution in [0, 0.1) is 29.2 Å². The van der Waals surface area contributed by atoms with Crippen molar-refractivity contribution in [3.05, 3.63) is 211 Å². The molecule has 0 saturated carbocycles. The average Bonchev–Trinajstić information content (AvgIpc) is 4.18. The van der Waals surface area contributed by atoms with E-state index in [4.69, 9.17) is 25.4 Å². The predicted molar refractivity (Wildman–Crippen MR) is 277 cm³/mol. The fraction of sp³-hybridized carbons (Fsp3) is 0. The molecule has 9 aromatic carbocycles. The summed E-state index contributed by atoms with van der Waals surface area (Å²) in [7, 11) is 0. The van der Waals surface area contributed by atoms with Gasteiger partial charge in [0.05, 0.1) is 67.7 Å². The monoisotopic (exact) mass is 893 g/mol. The van der Waals surface area contributed by atoms with Gasteiger partial charge in [0, 0.05) is 43.4 Å². The Labute approximate surface area is 398 Å². The molecule has 0 aliphatic heterocycles. The highest BCUT2D eigenvalue weighted by Crippen LogP contribution is 2.45. The van der Waals surface area contributed by atoms with Gasteiger partial charge in [-0.05, 0) is 78.4 Å². The molecule has 9 nitrogen and oxygen atoms in total. The Morgan fingerprint density at radius 3 is 1.50 bits per heavy atom. The summed E-state index contributed by atoms with van der Waals surface area (Å²) in [5, 5.41) is 30.3. The Balaban J connectivity index is 0.982. The molecule has 0 bridgehead atoms. The van der Waals surface area contributed by atoms with E-state index >= 15 is 0 Å². The first kappa shape index (κ1) is 38.9. The van der Waals surface area contributed by atoms with Gasteiger partial charge in [-0.25, -0.2) is 14.8 Å². The fourth-order valence-electron chi connectivity index (χ4n) is 10.6. The highest BCUT2D eigenvalue weighted by molar-refractivity contribution is 6.26. The van der Waals surface area contributed by atoms with Gasteiger partial charge in [0.2, 0.25) is 5.69 Å². The number of benzene rings is 9. The quantitative estimate of drug-likeness (QED) is 0.159.